The molecule has 0 aliphatic carbocycles. The Bertz CT molecular complexity index is 406. The van der Waals surface area contributed by atoms with Crippen LogP contribution in [0.2, 0.25) is 5.02 Å². The van der Waals surface area contributed by atoms with E-state index in [0.717, 1.165) is 11.1 Å². The van der Waals surface area contributed by atoms with Crippen LogP contribution in [0.1, 0.15) is 23.5 Å². The standard InChI is InChI=1S/C11H14ClNO3/c1-6-2-9(12)10(14)4-8(6)7(5-13)3-11(15)16/h2,4,7,14H,3,5,13H2,1H3,(H,15,16). The van der Waals surface area contributed by atoms with E-state index in [0.29, 0.717) is 0 Å². The molecular formula is C11H14ClNO3. The summed E-state index contributed by atoms with van der Waals surface area (Å²) < 4.78 is 0. The van der Waals surface area contributed by atoms with Crippen LogP contribution in [0.25, 0.3) is 0 Å². The number of hydrogen-bond donors (Lipinski definition) is 3. The van der Waals surface area contributed by atoms with Crippen LogP contribution in [0, 0.1) is 6.92 Å². The molecule has 1 unspecified atom stereocenters. The van der Waals surface area contributed by atoms with E-state index in [2.05, 4.69) is 0 Å². The quantitative estimate of drug-likeness (QED) is 0.754. The maximum atomic E-state index is 10.7. The second kappa shape index (κ2) is 5.18. The highest BCUT2D eigenvalue weighted by molar-refractivity contribution is 6.32. The zero-order chi connectivity index (χ0) is 12.3. The average molecular weight is 244 g/mol. The van der Waals surface area contributed by atoms with E-state index in [4.69, 9.17) is 22.4 Å². The average Bonchev–Trinajstić information content (AvgIpc) is 2.20. The zero-order valence-electron chi connectivity index (χ0n) is 8.90. The highest BCUT2D eigenvalue weighted by Crippen LogP contribution is 2.31. The molecule has 4 N–H and O–H groups in total. The molecule has 0 spiro atoms. The fourth-order valence-corrected chi connectivity index (χ4v) is 1.87. The van der Waals surface area contributed by atoms with Gasteiger partial charge in [0, 0.05) is 5.92 Å². The van der Waals surface area contributed by atoms with Crippen molar-refractivity contribution < 1.29 is 15.0 Å². The lowest BCUT2D eigenvalue weighted by molar-refractivity contribution is -0.137. The third-order valence-corrected chi connectivity index (χ3v) is 2.78. The first-order chi connectivity index (χ1) is 7.45. The number of hydrogen-bond acceptors (Lipinski definition) is 3. The molecule has 4 nitrogen and oxygen atoms in total. The molecular weight excluding hydrogens is 230 g/mol. The Balaban J connectivity index is 3.09. The van der Waals surface area contributed by atoms with Crippen LogP contribution in [-0.4, -0.2) is 22.7 Å². The van der Waals surface area contributed by atoms with E-state index in [-0.39, 0.29) is 29.7 Å². The minimum Gasteiger partial charge on any atom is -0.506 e. The summed E-state index contributed by atoms with van der Waals surface area (Å²) in [7, 11) is 0. The maximum Gasteiger partial charge on any atom is 0.304 e. The third-order valence-electron chi connectivity index (χ3n) is 2.48. The highest BCUT2D eigenvalue weighted by atomic mass is 35.5. The summed E-state index contributed by atoms with van der Waals surface area (Å²) in [5.41, 5.74) is 7.09. The second-order valence-corrected chi connectivity index (χ2v) is 4.10. The van der Waals surface area contributed by atoms with Crippen LogP contribution >= 0.6 is 11.6 Å². The topological polar surface area (TPSA) is 83.5 Å². The smallest absolute Gasteiger partial charge is 0.304 e. The summed E-state index contributed by atoms with van der Waals surface area (Å²) in [5.74, 6) is -1.27. The summed E-state index contributed by atoms with van der Waals surface area (Å²) in [6.07, 6.45) is -0.0571. The van der Waals surface area contributed by atoms with E-state index in [1.165, 1.54) is 6.07 Å². The van der Waals surface area contributed by atoms with Gasteiger partial charge in [-0.15, -0.1) is 0 Å². The monoisotopic (exact) mass is 243 g/mol. The summed E-state index contributed by atoms with van der Waals surface area (Å²) in [4.78, 5) is 10.7. The zero-order valence-corrected chi connectivity index (χ0v) is 9.66. The molecule has 0 heterocycles. The van der Waals surface area contributed by atoms with Gasteiger partial charge in [-0.2, -0.15) is 0 Å². The van der Waals surface area contributed by atoms with E-state index in [1.54, 1.807) is 6.07 Å². The highest BCUT2D eigenvalue weighted by Gasteiger charge is 2.17. The van der Waals surface area contributed by atoms with Gasteiger partial charge < -0.3 is 15.9 Å². The molecule has 0 aromatic heterocycles. The molecule has 0 aliphatic heterocycles. The van der Waals surface area contributed by atoms with Crippen molar-refractivity contribution in [2.75, 3.05) is 6.54 Å². The van der Waals surface area contributed by atoms with Crippen molar-refractivity contribution in [3.8, 4) is 5.75 Å². The largest absolute Gasteiger partial charge is 0.506 e. The molecule has 16 heavy (non-hydrogen) atoms. The molecule has 1 aromatic rings. The molecule has 0 bridgehead atoms. The third kappa shape index (κ3) is 2.87. The number of phenols is 1. The fourth-order valence-electron chi connectivity index (χ4n) is 1.65. The molecule has 0 radical (unpaired) electrons. The minimum atomic E-state index is -0.913. The van der Waals surface area contributed by atoms with Crippen LogP contribution in [0.3, 0.4) is 0 Å². The fraction of sp³-hybridized carbons (Fsp3) is 0.364. The molecule has 0 aliphatic rings. The number of aromatic hydroxyl groups is 1. The van der Waals surface area contributed by atoms with Gasteiger partial charge in [0.2, 0.25) is 0 Å². The predicted octanol–water partition coefficient (Wildman–Crippen LogP) is 1.87. The maximum absolute atomic E-state index is 10.7. The Morgan fingerprint density at radius 1 is 1.56 bits per heavy atom. The Morgan fingerprint density at radius 2 is 2.19 bits per heavy atom. The summed E-state index contributed by atoms with van der Waals surface area (Å²) in [6, 6.07) is 3.09. The van der Waals surface area contributed by atoms with Gasteiger partial charge in [-0.3, -0.25) is 4.79 Å². The number of carboxylic acid groups (broad SMARTS) is 1. The van der Waals surface area contributed by atoms with Crippen molar-refractivity contribution in [1.82, 2.24) is 0 Å². The number of halogens is 1. The van der Waals surface area contributed by atoms with Gasteiger partial charge in [0.1, 0.15) is 5.75 Å². The van der Waals surface area contributed by atoms with E-state index >= 15 is 0 Å². The van der Waals surface area contributed by atoms with Crippen LogP contribution in [0.4, 0.5) is 0 Å². The lowest BCUT2D eigenvalue weighted by Crippen LogP contribution is -2.17. The Morgan fingerprint density at radius 3 is 2.69 bits per heavy atom. The summed E-state index contributed by atoms with van der Waals surface area (Å²) in [5, 5.41) is 18.5. The van der Waals surface area contributed by atoms with E-state index in [9.17, 15) is 9.90 Å². The normalized spacial score (nSPS) is 12.4. The van der Waals surface area contributed by atoms with Crippen LogP contribution in [-0.2, 0) is 4.79 Å². The van der Waals surface area contributed by atoms with E-state index < -0.39 is 5.97 Å². The molecule has 0 amide bonds. The Hall–Kier alpha value is -1.26. The first-order valence-electron chi connectivity index (χ1n) is 4.86. The number of carbonyl (C=O) groups is 1. The van der Waals surface area contributed by atoms with Gasteiger partial charge >= 0.3 is 5.97 Å². The van der Waals surface area contributed by atoms with Gasteiger partial charge in [0.05, 0.1) is 11.4 Å². The van der Waals surface area contributed by atoms with Crippen LogP contribution in [0.5, 0.6) is 5.75 Å². The number of aryl methyl sites for hydroxylation is 1. The van der Waals surface area contributed by atoms with Gasteiger partial charge in [0.15, 0.2) is 0 Å². The van der Waals surface area contributed by atoms with Crippen molar-refractivity contribution in [1.29, 1.82) is 0 Å². The van der Waals surface area contributed by atoms with Crippen LogP contribution < -0.4 is 5.73 Å². The van der Waals surface area contributed by atoms with Crippen molar-refractivity contribution >= 4 is 17.6 Å². The number of rotatable bonds is 4. The van der Waals surface area contributed by atoms with Crippen molar-refractivity contribution in [3.05, 3.63) is 28.3 Å². The Kier molecular flexibility index (Phi) is 4.15. The van der Waals surface area contributed by atoms with Gasteiger partial charge in [0.25, 0.3) is 0 Å². The van der Waals surface area contributed by atoms with Gasteiger partial charge in [-0.05, 0) is 36.7 Å². The molecule has 5 heteroatoms. The molecule has 1 rings (SSSR count). The van der Waals surface area contributed by atoms with Gasteiger partial charge in [-0.1, -0.05) is 11.6 Å². The lowest BCUT2D eigenvalue weighted by Gasteiger charge is -2.16. The number of nitrogens with two attached hydrogens (primary N) is 1. The molecule has 0 fully saturated rings. The second-order valence-electron chi connectivity index (χ2n) is 3.69. The first kappa shape index (κ1) is 12.8. The number of aliphatic carboxylic acids is 1. The summed E-state index contributed by atoms with van der Waals surface area (Å²) in [6.45, 7) is 2.03. The number of benzene rings is 1. The molecule has 1 aromatic carbocycles. The number of phenolic OH excluding ortho intramolecular Hbond substituents is 1. The molecule has 0 saturated heterocycles. The molecule has 88 valence electrons. The number of carboxylic acids is 1. The lowest BCUT2D eigenvalue weighted by atomic mass is 9.92. The molecule has 1 atom stereocenters. The van der Waals surface area contributed by atoms with E-state index in [1.807, 2.05) is 6.92 Å². The minimum absolute atomic E-state index is 0.0499. The summed E-state index contributed by atoms with van der Waals surface area (Å²) >= 11 is 5.74. The van der Waals surface area contributed by atoms with Crippen LogP contribution in [0.15, 0.2) is 12.1 Å². The van der Waals surface area contributed by atoms with Crippen molar-refractivity contribution in [3.63, 3.8) is 0 Å². The first-order valence-corrected chi connectivity index (χ1v) is 5.24. The molecule has 0 saturated carbocycles. The predicted molar refractivity (Wildman–Crippen MR) is 61.9 cm³/mol. The van der Waals surface area contributed by atoms with Crippen molar-refractivity contribution in [2.24, 2.45) is 5.73 Å². The van der Waals surface area contributed by atoms with Crippen molar-refractivity contribution in [2.45, 2.75) is 19.3 Å². The van der Waals surface area contributed by atoms with Gasteiger partial charge in [-0.25, -0.2) is 0 Å². The Labute approximate surface area is 98.6 Å². The SMILES string of the molecule is Cc1cc(Cl)c(O)cc1C(CN)CC(=O)O.